The molecule has 0 unspecified atom stereocenters. The van der Waals surface area contributed by atoms with Gasteiger partial charge in [-0.05, 0) is 13.0 Å². The van der Waals surface area contributed by atoms with Crippen LogP contribution >= 0.6 is 0 Å². The van der Waals surface area contributed by atoms with Crippen molar-refractivity contribution in [3.05, 3.63) is 12.2 Å². The molecule has 0 aromatic rings. The van der Waals surface area contributed by atoms with Gasteiger partial charge in [0.25, 0.3) is 0 Å². The van der Waals surface area contributed by atoms with E-state index >= 15 is 0 Å². The minimum absolute atomic E-state index is 0.226. The summed E-state index contributed by atoms with van der Waals surface area (Å²) in [5, 5.41) is 11.5. The molecule has 0 aliphatic carbocycles. The first-order chi connectivity index (χ1) is 6.70. The third-order valence-electron chi connectivity index (χ3n) is 2.02. The van der Waals surface area contributed by atoms with Crippen LogP contribution in [0, 0.1) is 0 Å². The van der Waals surface area contributed by atoms with E-state index in [1.54, 1.807) is 4.90 Å². The van der Waals surface area contributed by atoms with Crippen LogP contribution in [0.3, 0.4) is 0 Å². The Hall–Kier alpha value is -1.36. The molecule has 0 saturated carbocycles. The molecule has 78 valence electrons. The van der Waals surface area contributed by atoms with E-state index in [1.807, 2.05) is 0 Å². The maximum Gasteiger partial charge on any atom is 0.328 e. The summed E-state index contributed by atoms with van der Waals surface area (Å²) in [4.78, 5) is 23.2. The van der Waals surface area contributed by atoms with Crippen LogP contribution in [0.25, 0.3) is 0 Å². The van der Waals surface area contributed by atoms with E-state index in [4.69, 9.17) is 5.11 Å². The fourth-order valence-electron chi connectivity index (χ4n) is 1.31. The molecular weight excluding hydrogens is 184 g/mol. The largest absolute Gasteiger partial charge is 0.478 e. The third kappa shape index (κ3) is 3.57. The number of carbonyl (C=O) groups is 2. The summed E-state index contributed by atoms with van der Waals surface area (Å²) in [7, 11) is 0. The lowest BCUT2D eigenvalue weighted by Gasteiger charge is -2.17. The number of nitrogens with zero attached hydrogens (tertiary/aromatic N) is 1. The lowest BCUT2D eigenvalue weighted by molar-refractivity contribution is -0.132. The number of hydrogen-bond acceptors (Lipinski definition) is 3. The van der Waals surface area contributed by atoms with Crippen molar-refractivity contribution in [2.45, 2.75) is 6.42 Å². The predicted octanol–water partition coefficient (Wildman–Crippen LogP) is -0.551. The molecule has 0 spiro atoms. The zero-order chi connectivity index (χ0) is 10.4. The van der Waals surface area contributed by atoms with Gasteiger partial charge >= 0.3 is 5.97 Å². The van der Waals surface area contributed by atoms with Crippen LogP contribution in [0.2, 0.25) is 0 Å². The molecule has 0 atom stereocenters. The van der Waals surface area contributed by atoms with Crippen molar-refractivity contribution in [1.29, 1.82) is 0 Å². The second-order valence-corrected chi connectivity index (χ2v) is 3.10. The van der Waals surface area contributed by atoms with Crippen LogP contribution in [-0.2, 0) is 9.59 Å². The summed E-state index contributed by atoms with van der Waals surface area (Å²) in [6, 6.07) is 0. The minimum Gasteiger partial charge on any atom is -0.478 e. The van der Waals surface area contributed by atoms with Crippen LogP contribution in [0.4, 0.5) is 0 Å². The molecule has 0 aromatic heterocycles. The number of aliphatic carboxylic acids is 1. The molecule has 2 N–H and O–H groups in total. The summed E-state index contributed by atoms with van der Waals surface area (Å²) in [6.07, 6.45) is 2.89. The van der Waals surface area contributed by atoms with Crippen molar-refractivity contribution < 1.29 is 14.7 Å². The van der Waals surface area contributed by atoms with Crippen molar-refractivity contribution in [3.63, 3.8) is 0 Å². The number of amides is 1. The van der Waals surface area contributed by atoms with Gasteiger partial charge < -0.3 is 15.3 Å². The molecule has 0 aromatic carbocycles. The summed E-state index contributed by atoms with van der Waals surface area (Å²) in [5.74, 6) is -1.32. The highest BCUT2D eigenvalue weighted by Gasteiger charge is 2.12. The van der Waals surface area contributed by atoms with Crippen LogP contribution in [0.5, 0.6) is 0 Å². The maximum atomic E-state index is 11.4. The molecule has 1 aliphatic rings. The van der Waals surface area contributed by atoms with Crippen LogP contribution < -0.4 is 5.32 Å². The van der Waals surface area contributed by atoms with E-state index in [-0.39, 0.29) is 5.91 Å². The maximum absolute atomic E-state index is 11.4. The van der Waals surface area contributed by atoms with Gasteiger partial charge in [0.2, 0.25) is 5.91 Å². The molecule has 1 rings (SSSR count). The number of nitrogens with one attached hydrogen (secondary N) is 1. The fourth-order valence-corrected chi connectivity index (χ4v) is 1.31. The number of hydrogen-bond donors (Lipinski definition) is 2. The molecule has 1 heterocycles. The molecule has 1 amide bonds. The first kappa shape index (κ1) is 10.7. The smallest absolute Gasteiger partial charge is 0.328 e. The SMILES string of the molecule is O=C(O)C=CC(=O)N1CCCNCC1. The first-order valence-corrected chi connectivity index (χ1v) is 4.61. The average Bonchev–Trinajstić information content (AvgIpc) is 2.42. The minimum atomic E-state index is -1.09. The number of rotatable bonds is 2. The molecule has 0 bridgehead atoms. The monoisotopic (exact) mass is 198 g/mol. The second kappa shape index (κ2) is 5.39. The van der Waals surface area contributed by atoms with Gasteiger partial charge in [-0.2, -0.15) is 0 Å². The van der Waals surface area contributed by atoms with Gasteiger partial charge in [0.1, 0.15) is 0 Å². The van der Waals surface area contributed by atoms with E-state index in [9.17, 15) is 9.59 Å². The molecule has 5 heteroatoms. The Bertz CT molecular complexity index is 242. The topological polar surface area (TPSA) is 69.6 Å². The van der Waals surface area contributed by atoms with Gasteiger partial charge in [-0.3, -0.25) is 4.79 Å². The molecule has 1 fully saturated rings. The van der Waals surface area contributed by atoms with Gasteiger partial charge in [-0.1, -0.05) is 0 Å². The lowest BCUT2D eigenvalue weighted by atomic mass is 10.3. The van der Waals surface area contributed by atoms with E-state index in [0.717, 1.165) is 31.7 Å². The van der Waals surface area contributed by atoms with E-state index in [0.29, 0.717) is 13.1 Å². The second-order valence-electron chi connectivity index (χ2n) is 3.10. The van der Waals surface area contributed by atoms with Crippen LogP contribution in [0.1, 0.15) is 6.42 Å². The summed E-state index contributed by atoms with van der Waals surface area (Å²) < 4.78 is 0. The highest BCUT2D eigenvalue weighted by molar-refractivity contribution is 5.93. The molecule has 1 saturated heterocycles. The van der Waals surface area contributed by atoms with Crippen LogP contribution in [-0.4, -0.2) is 48.1 Å². The van der Waals surface area contributed by atoms with Crippen molar-refractivity contribution in [1.82, 2.24) is 10.2 Å². The van der Waals surface area contributed by atoms with Gasteiger partial charge in [-0.15, -0.1) is 0 Å². The normalized spacial score (nSPS) is 18.1. The Kier molecular flexibility index (Phi) is 4.12. The van der Waals surface area contributed by atoms with Crippen LogP contribution in [0.15, 0.2) is 12.2 Å². The highest BCUT2D eigenvalue weighted by Crippen LogP contribution is 1.96. The Balaban J connectivity index is 2.45. The number of carboxylic acids is 1. The van der Waals surface area contributed by atoms with Crippen molar-refractivity contribution >= 4 is 11.9 Å². The average molecular weight is 198 g/mol. The first-order valence-electron chi connectivity index (χ1n) is 4.61. The Morgan fingerprint density at radius 3 is 2.71 bits per heavy atom. The Morgan fingerprint density at radius 2 is 2.00 bits per heavy atom. The molecule has 14 heavy (non-hydrogen) atoms. The molecular formula is C9H14N2O3. The Labute approximate surface area is 82.4 Å². The van der Waals surface area contributed by atoms with Crippen molar-refractivity contribution in [3.8, 4) is 0 Å². The van der Waals surface area contributed by atoms with Crippen molar-refractivity contribution in [2.24, 2.45) is 0 Å². The zero-order valence-corrected chi connectivity index (χ0v) is 7.90. The zero-order valence-electron chi connectivity index (χ0n) is 7.90. The van der Waals surface area contributed by atoms with E-state index < -0.39 is 5.97 Å². The van der Waals surface area contributed by atoms with E-state index in [1.165, 1.54) is 0 Å². The quantitative estimate of drug-likeness (QED) is 0.584. The summed E-state index contributed by atoms with van der Waals surface area (Å²) in [6.45, 7) is 3.01. The van der Waals surface area contributed by atoms with Gasteiger partial charge in [-0.25, -0.2) is 4.79 Å². The third-order valence-corrected chi connectivity index (χ3v) is 2.02. The number of carbonyl (C=O) groups excluding carboxylic acids is 1. The van der Waals surface area contributed by atoms with E-state index in [2.05, 4.69) is 5.32 Å². The standard InChI is InChI=1S/C9H14N2O3/c12-8(2-3-9(13)14)11-6-1-4-10-5-7-11/h2-3,10H,1,4-7H2,(H,13,14). The summed E-state index contributed by atoms with van der Waals surface area (Å²) in [5.41, 5.74) is 0. The van der Waals surface area contributed by atoms with Gasteiger partial charge in [0.15, 0.2) is 0 Å². The highest BCUT2D eigenvalue weighted by atomic mass is 16.4. The Morgan fingerprint density at radius 1 is 1.21 bits per heavy atom. The summed E-state index contributed by atoms with van der Waals surface area (Å²) >= 11 is 0. The molecule has 0 radical (unpaired) electrons. The fraction of sp³-hybridized carbons (Fsp3) is 0.556. The molecule has 1 aliphatic heterocycles. The van der Waals surface area contributed by atoms with Gasteiger partial charge in [0, 0.05) is 31.8 Å². The molecule has 5 nitrogen and oxygen atoms in total. The van der Waals surface area contributed by atoms with Crippen molar-refractivity contribution in [2.75, 3.05) is 26.2 Å². The number of carboxylic acid groups (broad SMARTS) is 1. The predicted molar refractivity (Wildman–Crippen MR) is 50.8 cm³/mol. The van der Waals surface area contributed by atoms with Gasteiger partial charge in [0.05, 0.1) is 0 Å². The lowest BCUT2D eigenvalue weighted by Crippen LogP contribution is -2.32.